The molecule has 1 saturated heterocycles. The summed E-state index contributed by atoms with van der Waals surface area (Å²) >= 11 is 0. The number of morpholine rings is 1. The van der Waals surface area contributed by atoms with Crippen LogP contribution >= 0.6 is 0 Å². The zero-order chi connectivity index (χ0) is 32.9. The first-order valence-electron chi connectivity index (χ1n) is 15.9. The number of nitrogens with zero attached hydrogens (tertiary/aromatic N) is 8. The molecule has 12 heteroatoms. The van der Waals surface area contributed by atoms with E-state index in [4.69, 9.17) is 34.1 Å². The third kappa shape index (κ3) is 6.60. The van der Waals surface area contributed by atoms with Crippen LogP contribution in [0.15, 0.2) is 90.4 Å². The van der Waals surface area contributed by atoms with Gasteiger partial charge in [-0.05, 0) is 71.3 Å². The number of hydrogen-bond donors (Lipinski definition) is 0. The predicted octanol–water partition coefficient (Wildman–Crippen LogP) is 6.09. The quantitative estimate of drug-likeness (QED) is 0.156. The lowest BCUT2D eigenvalue weighted by atomic mass is 10.1. The Morgan fingerprint density at radius 1 is 0.792 bits per heavy atom. The molecule has 0 spiro atoms. The molecule has 0 N–H and O–H groups in total. The number of anilines is 4. The predicted molar refractivity (Wildman–Crippen MR) is 185 cm³/mol. The van der Waals surface area contributed by atoms with Crippen LogP contribution in [0.1, 0.15) is 16.7 Å². The van der Waals surface area contributed by atoms with Crippen molar-refractivity contribution in [3.8, 4) is 22.8 Å². The molecule has 2 aliphatic heterocycles. The van der Waals surface area contributed by atoms with Gasteiger partial charge in [-0.2, -0.15) is 4.98 Å². The molecule has 5 aromatic rings. The Bertz CT molecular complexity index is 1800. The molecule has 3 aromatic carbocycles. The van der Waals surface area contributed by atoms with E-state index in [1.807, 2.05) is 48.8 Å². The SMILES string of the molecule is COc1ccc(CN(Cc2ccc(OC)cc2)c2ncc(-c3nc(N4CCOCC4)nc4c3CCN4c3ccc(N=O)cc3)cn2)cc1. The van der Waals surface area contributed by atoms with Gasteiger partial charge in [-0.1, -0.05) is 24.3 Å². The number of fused-ring (bicyclic) bond motifs is 1. The fourth-order valence-corrected chi connectivity index (χ4v) is 6.04. The van der Waals surface area contributed by atoms with Gasteiger partial charge in [-0.25, -0.2) is 15.0 Å². The van der Waals surface area contributed by atoms with Crippen molar-refractivity contribution >= 4 is 29.1 Å². The Morgan fingerprint density at radius 3 is 1.96 bits per heavy atom. The Hall–Kier alpha value is -5.62. The molecule has 4 heterocycles. The zero-order valence-corrected chi connectivity index (χ0v) is 27.0. The lowest BCUT2D eigenvalue weighted by Gasteiger charge is -2.28. The Kier molecular flexibility index (Phi) is 9.05. The fourth-order valence-electron chi connectivity index (χ4n) is 6.04. The molecule has 7 rings (SSSR count). The Morgan fingerprint density at radius 2 is 1.40 bits per heavy atom. The van der Waals surface area contributed by atoms with Gasteiger partial charge >= 0.3 is 0 Å². The highest BCUT2D eigenvalue weighted by Crippen LogP contribution is 2.39. The Balaban J connectivity index is 1.23. The highest BCUT2D eigenvalue weighted by atomic mass is 16.5. The van der Waals surface area contributed by atoms with Crippen LogP contribution in [0.5, 0.6) is 11.5 Å². The number of nitroso groups, excluding NO2 is 1. The number of aromatic nitrogens is 4. The normalized spacial score (nSPS) is 14.0. The van der Waals surface area contributed by atoms with Gasteiger partial charge in [0.2, 0.25) is 11.9 Å². The van der Waals surface area contributed by atoms with E-state index in [0.717, 1.165) is 63.9 Å². The van der Waals surface area contributed by atoms with E-state index in [2.05, 4.69) is 44.1 Å². The lowest BCUT2D eigenvalue weighted by molar-refractivity contribution is 0.122. The van der Waals surface area contributed by atoms with Gasteiger partial charge in [0, 0.05) is 61.9 Å². The van der Waals surface area contributed by atoms with Crippen molar-refractivity contribution in [2.24, 2.45) is 5.18 Å². The number of methoxy groups -OCH3 is 2. The summed E-state index contributed by atoms with van der Waals surface area (Å²) in [6, 6.07) is 23.3. The molecule has 2 aromatic heterocycles. The van der Waals surface area contributed by atoms with Crippen molar-refractivity contribution in [2.75, 3.05) is 61.8 Å². The molecule has 0 amide bonds. The second-order valence-corrected chi connectivity index (χ2v) is 11.6. The summed E-state index contributed by atoms with van der Waals surface area (Å²) in [6.07, 6.45) is 4.47. The monoisotopic (exact) mass is 644 g/mol. The van der Waals surface area contributed by atoms with Gasteiger partial charge in [-0.15, -0.1) is 4.91 Å². The first-order chi connectivity index (χ1) is 23.6. The molecule has 0 bridgehead atoms. The molecule has 0 aliphatic carbocycles. The summed E-state index contributed by atoms with van der Waals surface area (Å²) in [5.74, 6) is 3.72. The molecule has 48 heavy (non-hydrogen) atoms. The number of benzene rings is 3. The van der Waals surface area contributed by atoms with Crippen LogP contribution in [0.2, 0.25) is 0 Å². The molecular weight excluding hydrogens is 608 g/mol. The maximum atomic E-state index is 11.0. The maximum Gasteiger partial charge on any atom is 0.228 e. The van der Waals surface area contributed by atoms with Crippen LogP contribution in [0.3, 0.4) is 0 Å². The van der Waals surface area contributed by atoms with Gasteiger partial charge in [0.05, 0.1) is 33.1 Å². The van der Waals surface area contributed by atoms with Crippen LogP contribution in [-0.2, 0) is 24.2 Å². The zero-order valence-electron chi connectivity index (χ0n) is 27.0. The highest BCUT2D eigenvalue weighted by molar-refractivity contribution is 5.77. The second kappa shape index (κ2) is 14.0. The van der Waals surface area contributed by atoms with E-state index in [-0.39, 0.29) is 0 Å². The first-order valence-corrected chi connectivity index (χ1v) is 15.9. The third-order valence-electron chi connectivity index (χ3n) is 8.63. The van der Waals surface area contributed by atoms with Crippen LogP contribution in [0.4, 0.5) is 29.1 Å². The van der Waals surface area contributed by atoms with Crippen LogP contribution in [0.25, 0.3) is 11.3 Å². The van der Waals surface area contributed by atoms with Crippen molar-refractivity contribution in [3.05, 3.63) is 107 Å². The maximum absolute atomic E-state index is 11.0. The van der Waals surface area contributed by atoms with E-state index >= 15 is 0 Å². The Labute approximate surface area is 278 Å². The van der Waals surface area contributed by atoms with Crippen molar-refractivity contribution in [2.45, 2.75) is 19.5 Å². The molecule has 1 fully saturated rings. The molecule has 0 atom stereocenters. The van der Waals surface area contributed by atoms with Crippen molar-refractivity contribution < 1.29 is 14.2 Å². The fraction of sp³-hybridized carbons (Fsp3) is 0.278. The van der Waals surface area contributed by atoms with Gasteiger partial charge in [0.1, 0.15) is 23.0 Å². The second-order valence-electron chi connectivity index (χ2n) is 11.6. The summed E-state index contributed by atoms with van der Waals surface area (Å²) in [5.41, 5.74) is 6.23. The number of ether oxygens (including phenoxy) is 3. The minimum absolute atomic E-state index is 0.390. The minimum atomic E-state index is 0.390. The number of rotatable bonds is 11. The van der Waals surface area contributed by atoms with Gasteiger partial charge in [0.15, 0.2) is 0 Å². The third-order valence-corrected chi connectivity index (χ3v) is 8.63. The summed E-state index contributed by atoms with van der Waals surface area (Å²) in [6.45, 7) is 4.59. The molecule has 0 radical (unpaired) electrons. The largest absolute Gasteiger partial charge is 0.497 e. The van der Waals surface area contributed by atoms with Crippen molar-refractivity contribution in [1.29, 1.82) is 0 Å². The van der Waals surface area contributed by atoms with Crippen LogP contribution in [0, 0.1) is 4.91 Å². The lowest BCUT2D eigenvalue weighted by Crippen LogP contribution is -2.37. The summed E-state index contributed by atoms with van der Waals surface area (Å²) < 4.78 is 16.3. The highest BCUT2D eigenvalue weighted by Gasteiger charge is 2.29. The van der Waals surface area contributed by atoms with E-state index in [9.17, 15) is 4.91 Å². The van der Waals surface area contributed by atoms with Gasteiger partial charge < -0.3 is 28.9 Å². The smallest absolute Gasteiger partial charge is 0.228 e. The topological polar surface area (TPSA) is 118 Å². The van der Waals surface area contributed by atoms with E-state index in [1.165, 1.54) is 0 Å². The summed E-state index contributed by atoms with van der Waals surface area (Å²) in [7, 11) is 3.33. The standard InChI is InChI=1S/C36H36N8O4/c1-46-30-11-3-25(4-12-30)23-43(24-26-5-13-31(47-2)14-6-26)35-37-21-27(22-38-35)33-32-15-16-44(29-9-7-28(41-45)8-10-29)34(32)40-36(39-33)42-17-19-48-20-18-42/h3-14,21-22H,15-20,23-24H2,1-2H3. The average Bonchev–Trinajstić information content (AvgIpc) is 3.59. The molecule has 0 saturated carbocycles. The molecule has 2 aliphatic rings. The molecule has 0 unspecified atom stereocenters. The van der Waals surface area contributed by atoms with E-state index in [1.54, 1.807) is 26.4 Å². The van der Waals surface area contributed by atoms with Crippen LogP contribution < -0.4 is 24.2 Å². The van der Waals surface area contributed by atoms with Gasteiger partial charge in [0.25, 0.3) is 0 Å². The molecule has 12 nitrogen and oxygen atoms in total. The van der Waals surface area contributed by atoms with E-state index in [0.29, 0.717) is 57.0 Å². The summed E-state index contributed by atoms with van der Waals surface area (Å²) in [4.78, 5) is 37.5. The average molecular weight is 645 g/mol. The van der Waals surface area contributed by atoms with Gasteiger partial charge in [-0.3, -0.25) is 0 Å². The summed E-state index contributed by atoms with van der Waals surface area (Å²) in [5, 5.41) is 3.05. The van der Waals surface area contributed by atoms with Crippen molar-refractivity contribution in [1.82, 2.24) is 19.9 Å². The minimum Gasteiger partial charge on any atom is -0.497 e. The molecule has 244 valence electrons. The van der Waals surface area contributed by atoms with Crippen LogP contribution in [-0.4, -0.2) is 67.0 Å². The first kappa shape index (κ1) is 31.0. The molecular formula is C36H36N8O4. The van der Waals surface area contributed by atoms with Crippen molar-refractivity contribution in [3.63, 3.8) is 0 Å². The van der Waals surface area contributed by atoms with E-state index < -0.39 is 0 Å². The number of hydrogen-bond acceptors (Lipinski definition) is 12.